The first-order chi connectivity index (χ1) is 6.09. The van der Waals surface area contributed by atoms with E-state index < -0.39 is 6.10 Å². The van der Waals surface area contributed by atoms with Crippen molar-refractivity contribution in [3.63, 3.8) is 0 Å². The first-order valence-corrected chi connectivity index (χ1v) is 4.71. The molecular formula is C10H10O2S. The minimum atomic E-state index is -0.622. The third kappa shape index (κ3) is 3.02. The van der Waals surface area contributed by atoms with Crippen LogP contribution >= 0.6 is 11.3 Å². The van der Waals surface area contributed by atoms with Gasteiger partial charge in [-0.25, -0.2) is 0 Å². The Morgan fingerprint density at radius 3 is 2.77 bits per heavy atom. The SMILES string of the molecule is CC(=O)c1ccc(C#C[C@@H](C)O)s1. The quantitative estimate of drug-likeness (QED) is 0.545. The van der Waals surface area contributed by atoms with E-state index in [1.807, 2.05) is 0 Å². The summed E-state index contributed by atoms with van der Waals surface area (Å²) in [7, 11) is 0. The van der Waals surface area contributed by atoms with Gasteiger partial charge in [0.1, 0.15) is 6.10 Å². The molecular weight excluding hydrogens is 184 g/mol. The van der Waals surface area contributed by atoms with Crippen molar-refractivity contribution >= 4 is 17.1 Å². The Morgan fingerprint density at radius 2 is 2.31 bits per heavy atom. The van der Waals surface area contributed by atoms with Crippen LogP contribution in [-0.4, -0.2) is 17.0 Å². The van der Waals surface area contributed by atoms with Gasteiger partial charge in [-0.15, -0.1) is 11.3 Å². The Kier molecular flexibility index (Phi) is 3.24. The maximum atomic E-state index is 10.9. The van der Waals surface area contributed by atoms with Crippen molar-refractivity contribution in [2.24, 2.45) is 0 Å². The average molecular weight is 194 g/mol. The fraction of sp³-hybridized carbons (Fsp3) is 0.300. The summed E-state index contributed by atoms with van der Waals surface area (Å²) in [6.07, 6.45) is -0.622. The number of carbonyl (C=O) groups is 1. The second-order valence-corrected chi connectivity index (χ2v) is 3.75. The number of rotatable bonds is 1. The van der Waals surface area contributed by atoms with E-state index in [4.69, 9.17) is 5.11 Å². The van der Waals surface area contributed by atoms with Gasteiger partial charge in [0.05, 0.1) is 9.75 Å². The zero-order valence-electron chi connectivity index (χ0n) is 7.50. The number of Topliss-reactive ketones (excluding diaryl/α,β-unsaturated/α-hetero) is 1. The third-order valence-electron chi connectivity index (χ3n) is 1.36. The zero-order chi connectivity index (χ0) is 9.84. The molecule has 0 aliphatic carbocycles. The molecule has 0 radical (unpaired) electrons. The van der Waals surface area contributed by atoms with Crippen LogP contribution in [0.5, 0.6) is 0 Å². The molecule has 0 unspecified atom stereocenters. The summed E-state index contributed by atoms with van der Waals surface area (Å²) in [4.78, 5) is 12.4. The monoisotopic (exact) mass is 194 g/mol. The molecule has 0 saturated carbocycles. The van der Waals surface area contributed by atoms with E-state index in [0.29, 0.717) is 4.88 Å². The van der Waals surface area contributed by atoms with Crippen LogP contribution in [0.25, 0.3) is 0 Å². The molecule has 1 aromatic rings. The lowest BCUT2D eigenvalue weighted by atomic mass is 10.3. The molecule has 2 nitrogen and oxygen atoms in total. The molecule has 0 aromatic carbocycles. The predicted molar refractivity (Wildman–Crippen MR) is 52.9 cm³/mol. The zero-order valence-corrected chi connectivity index (χ0v) is 8.31. The second-order valence-electron chi connectivity index (χ2n) is 2.67. The van der Waals surface area contributed by atoms with Crippen LogP contribution < -0.4 is 0 Å². The summed E-state index contributed by atoms with van der Waals surface area (Å²) < 4.78 is 0. The van der Waals surface area contributed by atoms with Gasteiger partial charge in [0.15, 0.2) is 5.78 Å². The third-order valence-corrected chi connectivity index (χ3v) is 2.46. The van der Waals surface area contributed by atoms with Crippen molar-refractivity contribution in [2.75, 3.05) is 0 Å². The van der Waals surface area contributed by atoms with E-state index in [9.17, 15) is 4.79 Å². The van der Waals surface area contributed by atoms with Crippen molar-refractivity contribution in [1.29, 1.82) is 0 Å². The molecule has 0 fully saturated rings. The van der Waals surface area contributed by atoms with Crippen molar-refractivity contribution < 1.29 is 9.90 Å². The Labute approximate surface area is 81.2 Å². The van der Waals surface area contributed by atoms with Gasteiger partial charge in [-0.1, -0.05) is 11.8 Å². The normalized spacial score (nSPS) is 11.6. The highest BCUT2D eigenvalue weighted by molar-refractivity contribution is 7.14. The van der Waals surface area contributed by atoms with Gasteiger partial charge in [0.2, 0.25) is 0 Å². The van der Waals surface area contributed by atoms with Crippen LogP contribution in [0, 0.1) is 11.8 Å². The van der Waals surface area contributed by atoms with Crippen LogP contribution in [0.1, 0.15) is 28.4 Å². The molecule has 1 rings (SSSR count). The summed E-state index contributed by atoms with van der Waals surface area (Å²) in [5.41, 5.74) is 0. The fourth-order valence-electron chi connectivity index (χ4n) is 0.770. The lowest BCUT2D eigenvalue weighted by molar-refractivity contribution is 0.102. The van der Waals surface area contributed by atoms with Gasteiger partial charge in [-0.05, 0) is 26.0 Å². The van der Waals surface area contributed by atoms with Gasteiger partial charge < -0.3 is 5.11 Å². The molecule has 1 atom stereocenters. The molecule has 1 aromatic heterocycles. The van der Waals surface area contributed by atoms with Gasteiger partial charge in [-0.3, -0.25) is 4.79 Å². The van der Waals surface area contributed by atoms with Crippen molar-refractivity contribution in [2.45, 2.75) is 20.0 Å². The molecule has 3 heteroatoms. The maximum absolute atomic E-state index is 10.9. The molecule has 0 saturated heterocycles. The van der Waals surface area contributed by atoms with E-state index in [-0.39, 0.29) is 5.78 Å². The highest BCUT2D eigenvalue weighted by Crippen LogP contribution is 2.15. The summed E-state index contributed by atoms with van der Waals surface area (Å²) in [5, 5.41) is 8.89. The lowest BCUT2D eigenvalue weighted by Gasteiger charge is -1.85. The van der Waals surface area contributed by atoms with Crippen LogP contribution in [0.3, 0.4) is 0 Å². The van der Waals surface area contributed by atoms with E-state index in [2.05, 4.69) is 11.8 Å². The Bertz CT molecular complexity index is 366. The van der Waals surface area contributed by atoms with Crippen LogP contribution in [0.4, 0.5) is 0 Å². The minimum absolute atomic E-state index is 0.0510. The lowest BCUT2D eigenvalue weighted by Crippen LogP contribution is -1.92. The number of hydrogen-bond acceptors (Lipinski definition) is 3. The molecule has 68 valence electrons. The summed E-state index contributed by atoms with van der Waals surface area (Å²) in [5.74, 6) is 5.46. The van der Waals surface area contributed by atoms with Crippen LogP contribution in [0.2, 0.25) is 0 Å². The largest absolute Gasteiger partial charge is 0.381 e. The molecule has 0 amide bonds. The topological polar surface area (TPSA) is 37.3 Å². The molecule has 13 heavy (non-hydrogen) atoms. The molecule has 0 aliphatic heterocycles. The molecule has 1 heterocycles. The first kappa shape index (κ1) is 9.97. The van der Waals surface area contributed by atoms with E-state index in [1.165, 1.54) is 18.3 Å². The van der Waals surface area contributed by atoms with Gasteiger partial charge >= 0.3 is 0 Å². The summed E-state index contributed by atoms with van der Waals surface area (Å²) >= 11 is 1.35. The fourth-order valence-corrected chi connectivity index (χ4v) is 1.53. The summed E-state index contributed by atoms with van der Waals surface area (Å²) in [6, 6.07) is 3.54. The standard InChI is InChI=1S/C10H10O2S/c1-7(11)3-4-9-5-6-10(13-9)8(2)12/h5-7,11H,1-2H3/t7-/m1/s1. The van der Waals surface area contributed by atoms with Crippen molar-refractivity contribution in [1.82, 2.24) is 0 Å². The van der Waals surface area contributed by atoms with Crippen LogP contribution in [-0.2, 0) is 0 Å². The van der Waals surface area contributed by atoms with Gasteiger partial charge in [0.25, 0.3) is 0 Å². The number of aliphatic hydroxyl groups is 1. The number of carbonyl (C=O) groups excluding carboxylic acids is 1. The Morgan fingerprint density at radius 1 is 1.62 bits per heavy atom. The molecule has 0 spiro atoms. The molecule has 0 bridgehead atoms. The highest BCUT2D eigenvalue weighted by atomic mass is 32.1. The summed E-state index contributed by atoms with van der Waals surface area (Å²) in [6.45, 7) is 3.13. The number of aliphatic hydroxyl groups excluding tert-OH is 1. The Hall–Kier alpha value is -1.11. The van der Waals surface area contributed by atoms with E-state index in [0.717, 1.165) is 4.88 Å². The highest BCUT2D eigenvalue weighted by Gasteiger charge is 2.01. The predicted octanol–water partition coefficient (Wildman–Crippen LogP) is 1.68. The number of hydrogen-bond donors (Lipinski definition) is 1. The Balaban J connectivity index is 2.83. The smallest absolute Gasteiger partial charge is 0.169 e. The first-order valence-electron chi connectivity index (χ1n) is 3.90. The molecule has 1 N–H and O–H groups in total. The number of ketones is 1. The average Bonchev–Trinajstić information content (AvgIpc) is 2.48. The van der Waals surface area contributed by atoms with E-state index >= 15 is 0 Å². The van der Waals surface area contributed by atoms with Crippen molar-refractivity contribution in [3.05, 3.63) is 21.9 Å². The second kappa shape index (κ2) is 4.22. The van der Waals surface area contributed by atoms with Gasteiger partial charge in [0, 0.05) is 0 Å². The van der Waals surface area contributed by atoms with E-state index in [1.54, 1.807) is 19.1 Å². The molecule has 0 aliphatic rings. The van der Waals surface area contributed by atoms with Crippen molar-refractivity contribution in [3.8, 4) is 11.8 Å². The number of thiophene rings is 1. The van der Waals surface area contributed by atoms with Crippen LogP contribution in [0.15, 0.2) is 12.1 Å². The minimum Gasteiger partial charge on any atom is -0.381 e. The van der Waals surface area contributed by atoms with Gasteiger partial charge in [-0.2, -0.15) is 0 Å². The maximum Gasteiger partial charge on any atom is 0.169 e.